The van der Waals surface area contributed by atoms with Crippen LogP contribution in [0.4, 0.5) is 0 Å². The van der Waals surface area contributed by atoms with Crippen molar-refractivity contribution in [2.24, 2.45) is 11.8 Å². The lowest BCUT2D eigenvalue weighted by atomic mass is 9.92. The number of hydrogen-bond acceptors (Lipinski definition) is 3. The molecule has 0 aliphatic carbocycles. The van der Waals surface area contributed by atoms with Crippen LogP contribution in [0.2, 0.25) is 0 Å². The van der Waals surface area contributed by atoms with Crippen LogP contribution in [0.1, 0.15) is 43.7 Å². The van der Waals surface area contributed by atoms with E-state index in [4.69, 9.17) is 4.74 Å². The highest BCUT2D eigenvalue weighted by Gasteiger charge is 2.31. The molecular formula is C27H34N2O3. The molecule has 4 rings (SSSR count). The van der Waals surface area contributed by atoms with E-state index in [1.807, 2.05) is 52.3 Å². The van der Waals surface area contributed by atoms with E-state index in [1.54, 1.807) is 0 Å². The number of likely N-dealkylation sites (tertiary alicyclic amines) is 2. The zero-order valence-electron chi connectivity index (χ0n) is 19.0. The second-order valence-corrected chi connectivity index (χ2v) is 9.22. The molecule has 0 bridgehead atoms. The van der Waals surface area contributed by atoms with Crippen molar-refractivity contribution >= 4 is 11.8 Å². The minimum atomic E-state index is -0.00258. The molecule has 0 spiro atoms. The summed E-state index contributed by atoms with van der Waals surface area (Å²) in [7, 11) is 0. The van der Waals surface area contributed by atoms with Gasteiger partial charge in [-0.25, -0.2) is 0 Å². The van der Waals surface area contributed by atoms with E-state index in [0.717, 1.165) is 62.4 Å². The third kappa shape index (κ3) is 5.70. The molecule has 2 fully saturated rings. The average Bonchev–Trinajstić information content (AvgIpc) is 2.84. The van der Waals surface area contributed by atoms with Gasteiger partial charge in [-0.2, -0.15) is 0 Å². The zero-order valence-corrected chi connectivity index (χ0v) is 19.0. The predicted molar refractivity (Wildman–Crippen MR) is 125 cm³/mol. The van der Waals surface area contributed by atoms with Crippen molar-refractivity contribution in [2.45, 2.75) is 39.0 Å². The number of amides is 2. The van der Waals surface area contributed by atoms with Crippen LogP contribution >= 0.6 is 0 Å². The Morgan fingerprint density at radius 2 is 1.47 bits per heavy atom. The van der Waals surface area contributed by atoms with Crippen LogP contribution in [0.5, 0.6) is 5.75 Å². The number of ether oxygens (including phenoxy) is 1. The summed E-state index contributed by atoms with van der Waals surface area (Å²) >= 11 is 0. The standard InChI is InChI=1S/C27H34N2O3/c1-21-11-15-29(16-12-21)27(31)23-13-17-28(18-14-23)26(30)20-32-25-10-6-5-9-24(25)19-22-7-3-2-4-8-22/h2-10,21,23H,11-20H2,1H3. The SMILES string of the molecule is CC1CCN(C(=O)C2CCN(C(=O)COc3ccccc3Cc3ccccc3)CC2)CC1. The Morgan fingerprint density at radius 1 is 0.844 bits per heavy atom. The maximum Gasteiger partial charge on any atom is 0.260 e. The molecule has 0 unspecified atom stereocenters. The molecule has 2 aromatic carbocycles. The first kappa shape index (κ1) is 22.4. The molecule has 0 N–H and O–H groups in total. The molecule has 170 valence electrons. The fraction of sp³-hybridized carbons (Fsp3) is 0.481. The van der Waals surface area contributed by atoms with Crippen molar-refractivity contribution in [3.8, 4) is 5.75 Å². The van der Waals surface area contributed by atoms with E-state index >= 15 is 0 Å². The van der Waals surface area contributed by atoms with Crippen LogP contribution in [-0.2, 0) is 16.0 Å². The maximum atomic E-state index is 12.8. The molecule has 0 aromatic heterocycles. The van der Waals surface area contributed by atoms with Crippen LogP contribution in [0, 0.1) is 11.8 Å². The fourth-order valence-electron chi connectivity index (χ4n) is 4.70. The number of carbonyl (C=O) groups excluding carboxylic acids is 2. The maximum absolute atomic E-state index is 12.8. The number of benzene rings is 2. The summed E-state index contributed by atoms with van der Waals surface area (Å²) in [6, 6.07) is 18.2. The van der Waals surface area contributed by atoms with Gasteiger partial charge in [0, 0.05) is 38.5 Å². The number of carbonyl (C=O) groups is 2. The topological polar surface area (TPSA) is 49.9 Å². The summed E-state index contributed by atoms with van der Waals surface area (Å²) < 4.78 is 5.94. The van der Waals surface area contributed by atoms with Crippen LogP contribution in [0.25, 0.3) is 0 Å². The lowest BCUT2D eigenvalue weighted by Crippen LogP contribution is -2.47. The number of para-hydroxylation sites is 1. The van der Waals surface area contributed by atoms with Gasteiger partial charge in [0.1, 0.15) is 5.75 Å². The molecule has 2 saturated heterocycles. The van der Waals surface area contributed by atoms with Gasteiger partial charge in [0.25, 0.3) is 5.91 Å². The van der Waals surface area contributed by atoms with E-state index in [-0.39, 0.29) is 24.3 Å². The first-order valence-electron chi connectivity index (χ1n) is 11.9. The minimum absolute atomic E-state index is 0.00258. The Morgan fingerprint density at radius 3 is 2.19 bits per heavy atom. The van der Waals surface area contributed by atoms with Gasteiger partial charge in [-0.1, -0.05) is 55.5 Å². The van der Waals surface area contributed by atoms with Gasteiger partial charge >= 0.3 is 0 Å². The van der Waals surface area contributed by atoms with Gasteiger partial charge in [-0.05, 0) is 48.8 Å². The predicted octanol–water partition coefficient (Wildman–Crippen LogP) is 4.15. The molecule has 0 saturated carbocycles. The van der Waals surface area contributed by atoms with Gasteiger partial charge < -0.3 is 14.5 Å². The normalized spacial score (nSPS) is 17.9. The fourth-order valence-corrected chi connectivity index (χ4v) is 4.70. The van der Waals surface area contributed by atoms with Crippen LogP contribution in [0.3, 0.4) is 0 Å². The molecule has 32 heavy (non-hydrogen) atoms. The highest BCUT2D eigenvalue weighted by atomic mass is 16.5. The Kier molecular flexibility index (Phi) is 7.46. The van der Waals surface area contributed by atoms with E-state index in [1.165, 1.54) is 5.56 Å². The van der Waals surface area contributed by atoms with E-state index in [2.05, 4.69) is 19.1 Å². The Labute approximate surface area is 191 Å². The van der Waals surface area contributed by atoms with Gasteiger partial charge in [0.15, 0.2) is 6.61 Å². The first-order valence-corrected chi connectivity index (χ1v) is 11.9. The third-order valence-electron chi connectivity index (χ3n) is 6.85. The lowest BCUT2D eigenvalue weighted by molar-refractivity contribution is -0.142. The summed E-state index contributed by atoms with van der Waals surface area (Å²) in [5.74, 6) is 1.82. The summed E-state index contributed by atoms with van der Waals surface area (Å²) in [4.78, 5) is 29.5. The van der Waals surface area contributed by atoms with E-state index in [9.17, 15) is 9.59 Å². The first-order chi connectivity index (χ1) is 15.6. The zero-order chi connectivity index (χ0) is 22.3. The Balaban J connectivity index is 1.26. The second-order valence-electron chi connectivity index (χ2n) is 9.22. The molecule has 2 aliphatic rings. The molecule has 5 heteroatoms. The third-order valence-corrected chi connectivity index (χ3v) is 6.85. The van der Waals surface area contributed by atoms with Crippen molar-refractivity contribution in [2.75, 3.05) is 32.8 Å². The van der Waals surface area contributed by atoms with Crippen molar-refractivity contribution in [3.05, 3.63) is 65.7 Å². The van der Waals surface area contributed by atoms with Crippen LogP contribution < -0.4 is 4.74 Å². The van der Waals surface area contributed by atoms with Crippen molar-refractivity contribution in [1.29, 1.82) is 0 Å². The van der Waals surface area contributed by atoms with Gasteiger partial charge in [0.2, 0.25) is 5.91 Å². The van der Waals surface area contributed by atoms with Crippen molar-refractivity contribution in [1.82, 2.24) is 9.80 Å². The Bertz CT molecular complexity index is 898. The summed E-state index contributed by atoms with van der Waals surface area (Å²) in [6.07, 6.45) is 4.48. The molecule has 0 atom stereocenters. The van der Waals surface area contributed by atoms with Crippen LogP contribution in [-0.4, -0.2) is 54.4 Å². The number of rotatable bonds is 6. The summed E-state index contributed by atoms with van der Waals surface area (Å²) in [5.41, 5.74) is 2.29. The van der Waals surface area contributed by atoms with Crippen molar-refractivity contribution < 1.29 is 14.3 Å². The summed E-state index contributed by atoms with van der Waals surface area (Å²) in [6.45, 7) is 5.33. The molecule has 2 aliphatic heterocycles. The minimum Gasteiger partial charge on any atom is -0.483 e. The van der Waals surface area contributed by atoms with Crippen molar-refractivity contribution in [3.63, 3.8) is 0 Å². The van der Waals surface area contributed by atoms with Gasteiger partial charge in [-0.3, -0.25) is 9.59 Å². The molecule has 2 amide bonds. The molecule has 5 nitrogen and oxygen atoms in total. The molecule has 2 heterocycles. The number of hydrogen-bond donors (Lipinski definition) is 0. The monoisotopic (exact) mass is 434 g/mol. The van der Waals surface area contributed by atoms with Gasteiger partial charge in [-0.15, -0.1) is 0 Å². The largest absolute Gasteiger partial charge is 0.483 e. The lowest BCUT2D eigenvalue weighted by Gasteiger charge is -2.36. The quantitative estimate of drug-likeness (QED) is 0.686. The van der Waals surface area contributed by atoms with Gasteiger partial charge in [0.05, 0.1) is 0 Å². The van der Waals surface area contributed by atoms with E-state index < -0.39 is 0 Å². The summed E-state index contributed by atoms with van der Waals surface area (Å²) in [5, 5.41) is 0. The highest BCUT2D eigenvalue weighted by molar-refractivity contribution is 5.80. The molecular weight excluding hydrogens is 400 g/mol. The molecule has 2 aromatic rings. The Hall–Kier alpha value is -2.82. The smallest absolute Gasteiger partial charge is 0.260 e. The van der Waals surface area contributed by atoms with Crippen LogP contribution in [0.15, 0.2) is 54.6 Å². The molecule has 0 radical (unpaired) electrons. The average molecular weight is 435 g/mol. The highest BCUT2D eigenvalue weighted by Crippen LogP contribution is 2.25. The number of piperidine rings is 2. The van der Waals surface area contributed by atoms with E-state index in [0.29, 0.717) is 13.1 Å². The second kappa shape index (κ2) is 10.7. The number of nitrogens with zero attached hydrogens (tertiary/aromatic N) is 2.